The van der Waals surface area contributed by atoms with E-state index in [9.17, 15) is 19.5 Å². The summed E-state index contributed by atoms with van der Waals surface area (Å²) in [4.78, 5) is 33.5. The van der Waals surface area contributed by atoms with Crippen LogP contribution < -0.4 is 5.32 Å². The Morgan fingerprint density at radius 3 is 2.00 bits per heavy atom. The van der Waals surface area contributed by atoms with Gasteiger partial charge in [0.2, 0.25) is 5.91 Å². The van der Waals surface area contributed by atoms with E-state index in [0.29, 0.717) is 0 Å². The van der Waals surface area contributed by atoms with Crippen molar-refractivity contribution in [3.63, 3.8) is 0 Å². The topological polar surface area (TPSA) is 111 Å². The van der Waals surface area contributed by atoms with Gasteiger partial charge in [-0.1, -0.05) is 0 Å². The molecule has 0 aliphatic carbocycles. The summed E-state index contributed by atoms with van der Waals surface area (Å²) >= 11 is 0. The largest absolute Gasteiger partial charge is 0.456 e. The zero-order chi connectivity index (χ0) is 15.4. The monoisotopic (exact) mass is 289 g/mol. The Labute approximate surface area is 116 Å². The van der Waals surface area contributed by atoms with E-state index in [1.54, 1.807) is 6.92 Å². The highest BCUT2D eigenvalue weighted by atomic mass is 16.7. The van der Waals surface area contributed by atoms with Gasteiger partial charge in [-0.25, -0.2) is 0 Å². The summed E-state index contributed by atoms with van der Waals surface area (Å²) in [6.45, 7) is 5.24. The quantitative estimate of drug-likeness (QED) is 0.647. The highest BCUT2D eigenvalue weighted by Gasteiger charge is 2.48. The highest BCUT2D eigenvalue weighted by molar-refractivity contribution is 5.73. The lowest BCUT2D eigenvalue weighted by atomic mass is 9.96. The Hall–Kier alpha value is -1.67. The summed E-state index contributed by atoms with van der Waals surface area (Å²) in [7, 11) is 0. The van der Waals surface area contributed by atoms with Gasteiger partial charge in [0.15, 0.2) is 18.5 Å². The van der Waals surface area contributed by atoms with Crippen molar-refractivity contribution in [1.82, 2.24) is 5.32 Å². The van der Waals surface area contributed by atoms with Crippen molar-refractivity contribution < 1.29 is 33.7 Å². The molecular formula is C12H19NO7. The summed E-state index contributed by atoms with van der Waals surface area (Å²) in [6.07, 6.45) is -4.29. The van der Waals surface area contributed by atoms with Gasteiger partial charge in [0.05, 0.1) is 12.1 Å². The molecular weight excluding hydrogens is 270 g/mol. The van der Waals surface area contributed by atoms with Crippen LogP contribution in [-0.2, 0) is 28.6 Å². The molecule has 1 amide bonds. The number of carbonyl (C=O) groups excluding carboxylic acids is 3. The molecule has 114 valence electrons. The summed E-state index contributed by atoms with van der Waals surface area (Å²) in [5, 5.41) is 12.4. The van der Waals surface area contributed by atoms with Crippen LogP contribution in [0.3, 0.4) is 0 Å². The Morgan fingerprint density at radius 2 is 1.55 bits per heavy atom. The maximum absolute atomic E-state index is 11.2. The van der Waals surface area contributed by atoms with Crippen LogP contribution in [0.25, 0.3) is 0 Å². The number of rotatable bonds is 3. The van der Waals surface area contributed by atoms with Crippen LogP contribution in [0.2, 0.25) is 0 Å². The van der Waals surface area contributed by atoms with Crippen molar-refractivity contribution in [2.45, 2.75) is 58.3 Å². The van der Waals surface area contributed by atoms with Gasteiger partial charge in [0.25, 0.3) is 0 Å². The predicted octanol–water partition coefficient (Wildman–Crippen LogP) is -0.908. The molecule has 0 bridgehead atoms. The van der Waals surface area contributed by atoms with Gasteiger partial charge in [0.1, 0.15) is 0 Å². The Kier molecular flexibility index (Phi) is 5.46. The molecule has 0 aromatic carbocycles. The number of hydrogen-bond acceptors (Lipinski definition) is 7. The lowest BCUT2D eigenvalue weighted by Gasteiger charge is -2.42. The number of nitrogens with one attached hydrogen (secondary N) is 1. The number of carbonyl (C=O) groups is 3. The van der Waals surface area contributed by atoms with Crippen LogP contribution in [0.5, 0.6) is 0 Å². The highest BCUT2D eigenvalue weighted by Crippen LogP contribution is 2.25. The third-order valence-corrected chi connectivity index (χ3v) is 2.79. The van der Waals surface area contributed by atoms with E-state index in [4.69, 9.17) is 14.2 Å². The first-order valence-electron chi connectivity index (χ1n) is 6.17. The molecule has 8 nitrogen and oxygen atoms in total. The smallest absolute Gasteiger partial charge is 0.303 e. The minimum absolute atomic E-state index is 0.361. The van der Waals surface area contributed by atoms with E-state index in [2.05, 4.69) is 5.32 Å². The molecule has 1 fully saturated rings. The maximum atomic E-state index is 11.2. The van der Waals surface area contributed by atoms with Crippen LogP contribution in [0, 0.1) is 0 Å². The number of ether oxygens (including phenoxy) is 3. The van der Waals surface area contributed by atoms with Gasteiger partial charge >= 0.3 is 11.9 Å². The summed E-state index contributed by atoms with van der Waals surface area (Å²) in [6, 6.07) is -0.732. The molecule has 1 aliphatic rings. The fourth-order valence-electron chi connectivity index (χ4n) is 2.10. The van der Waals surface area contributed by atoms with E-state index in [0.717, 1.165) is 6.92 Å². The third-order valence-electron chi connectivity index (χ3n) is 2.79. The molecule has 8 heteroatoms. The summed E-state index contributed by atoms with van der Waals surface area (Å²) < 4.78 is 15.2. The number of amides is 1. The van der Waals surface area contributed by atoms with Gasteiger partial charge < -0.3 is 24.6 Å². The maximum Gasteiger partial charge on any atom is 0.303 e. The van der Waals surface area contributed by atoms with Gasteiger partial charge in [-0.3, -0.25) is 14.4 Å². The Balaban J connectivity index is 3.01. The molecule has 0 radical (unpaired) electrons. The molecule has 20 heavy (non-hydrogen) atoms. The van der Waals surface area contributed by atoms with Gasteiger partial charge in [-0.05, 0) is 6.92 Å². The zero-order valence-electron chi connectivity index (χ0n) is 11.8. The predicted molar refractivity (Wildman–Crippen MR) is 65.3 cm³/mol. The molecule has 0 unspecified atom stereocenters. The molecule has 0 aromatic rings. The van der Waals surface area contributed by atoms with Crippen molar-refractivity contribution in [3.05, 3.63) is 0 Å². The van der Waals surface area contributed by atoms with Gasteiger partial charge in [0, 0.05) is 20.8 Å². The van der Waals surface area contributed by atoms with Crippen LogP contribution in [0.15, 0.2) is 0 Å². The normalized spacial score (nSPS) is 33.1. The lowest BCUT2D eigenvalue weighted by Crippen LogP contribution is -2.64. The van der Waals surface area contributed by atoms with Crippen molar-refractivity contribution in [2.75, 3.05) is 0 Å². The number of esters is 2. The summed E-state index contributed by atoms with van der Waals surface area (Å²) in [5.74, 6) is -1.64. The number of aliphatic hydroxyl groups is 1. The molecule has 1 rings (SSSR count). The first-order valence-corrected chi connectivity index (χ1v) is 6.17. The third kappa shape index (κ3) is 4.17. The van der Waals surface area contributed by atoms with E-state index in [1.165, 1.54) is 13.8 Å². The zero-order valence-corrected chi connectivity index (χ0v) is 11.8. The standard InChI is InChI=1S/C12H19NO7/c1-5-9(13-6(2)14)10(19-7(3)15)11(12(17)18-5)20-8(4)16/h5,9-12,17H,1-4H3,(H,13,14)/t5-,9+,10+,11+,12+/m0/s1. The van der Waals surface area contributed by atoms with Crippen molar-refractivity contribution >= 4 is 17.8 Å². The summed E-state index contributed by atoms with van der Waals surface area (Å²) in [5.41, 5.74) is 0. The van der Waals surface area contributed by atoms with Gasteiger partial charge in [-0.15, -0.1) is 0 Å². The van der Waals surface area contributed by atoms with Gasteiger partial charge in [-0.2, -0.15) is 0 Å². The van der Waals surface area contributed by atoms with E-state index in [-0.39, 0.29) is 5.91 Å². The van der Waals surface area contributed by atoms with Crippen LogP contribution in [0.1, 0.15) is 27.7 Å². The van der Waals surface area contributed by atoms with E-state index < -0.39 is 42.6 Å². The second-order valence-electron chi connectivity index (χ2n) is 4.61. The minimum atomic E-state index is -1.44. The molecule has 1 aliphatic heterocycles. The lowest BCUT2D eigenvalue weighted by molar-refractivity contribution is -0.264. The number of hydrogen-bond donors (Lipinski definition) is 2. The number of aliphatic hydroxyl groups excluding tert-OH is 1. The Morgan fingerprint density at radius 1 is 1.05 bits per heavy atom. The average molecular weight is 289 g/mol. The SMILES string of the molecule is CC(=O)N[C@H]1[C@@H](OC(C)=O)[C@@H](OC(C)=O)[C@H](O)O[C@H]1C. The first-order chi connectivity index (χ1) is 9.22. The molecule has 0 spiro atoms. The van der Waals surface area contributed by atoms with E-state index >= 15 is 0 Å². The van der Waals surface area contributed by atoms with Crippen molar-refractivity contribution in [1.29, 1.82) is 0 Å². The minimum Gasteiger partial charge on any atom is -0.456 e. The second kappa shape index (κ2) is 6.67. The van der Waals surface area contributed by atoms with Crippen LogP contribution >= 0.6 is 0 Å². The fraction of sp³-hybridized carbons (Fsp3) is 0.750. The molecule has 0 aromatic heterocycles. The average Bonchev–Trinajstić information content (AvgIpc) is 2.27. The van der Waals surface area contributed by atoms with Crippen LogP contribution in [-0.4, -0.2) is 53.6 Å². The molecule has 0 saturated carbocycles. The van der Waals surface area contributed by atoms with Crippen LogP contribution in [0.4, 0.5) is 0 Å². The van der Waals surface area contributed by atoms with Crippen molar-refractivity contribution in [3.8, 4) is 0 Å². The molecule has 5 atom stereocenters. The first kappa shape index (κ1) is 16.4. The second-order valence-corrected chi connectivity index (χ2v) is 4.61. The molecule has 1 saturated heterocycles. The fourth-order valence-corrected chi connectivity index (χ4v) is 2.10. The Bertz CT molecular complexity index is 369. The van der Waals surface area contributed by atoms with Crippen molar-refractivity contribution in [2.24, 2.45) is 0 Å². The van der Waals surface area contributed by atoms with E-state index in [1.807, 2.05) is 0 Å². The molecule has 1 heterocycles. The molecule has 2 N–H and O–H groups in total.